The molecule has 2 heteroatoms. The van der Waals surface area contributed by atoms with Crippen LogP contribution in [0.25, 0.3) is 0 Å². The Balaban J connectivity index is 1.40. The number of benzene rings is 1. The lowest BCUT2D eigenvalue weighted by atomic mass is 9.89. The third kappa shape index (κ3) is 4.07. The van der Waals surface area contributed by atoms with Crippen LogP contribution in [0.5, 0.6) is 0 Å². The van der Waals surface area contributed by atoms with E-state index in [2.05, 4.69) is 35.2 Å². The first-order chi connectivity index (χ1) is 9.90. The largest absolute Gasteiger partial charge is 0.381 e. The smallest absolute Gasteiger partial charge is 0.0469 e. The molecular formula is C18H27NO. The van der Waals surface area contributed by atoms with E-state index in [1.165, 1.54) is 57.3 Å². The molecule has 0 spiro atoms. The summed E-state index contributed by atoms with van der Waals surface area (Å²) in [6.07, 6.45) is 6.55. The van der Waals surface area contributed by atoms with Crippen molar-refractivity contribution in [1.82, 2.24) is 4.90 Å². The molecule has 110 valence electrons. The first-order valence-electron chi connectivity index (χ1n) is 8.24. The molecule has 1 aromatic rings. The highest BCUT2D eigenvalue weighted by Gasteiger charge is 2.22. The summed E-state index contributed by atoms with van der Waals surface area (Å²) in [5.41, 5.74) is 1.51. The molecular weight excluding hydrogens is 246 g/mol. The van der Waals surface area contributed by atoms with Gasteiger partial charge in [-0.25, -0.2) is 0 Å². The maximum Gasteiger partial charge on any atom is 0.0469 e. The molecule has 1 aromatic carbocycles. The SMILES string of the molecule is c1ccc(CC2CCN(CC3CCOCC3)CC2)cc1. The van der Waals surface area contributed by atoms with E-state index < -0.39 is 0 Å². The number of ether oxygens (including phenoxy) is 1. The number of hydrogen-bond donors (Lipinski definition) is 0. The zero-order valence-electron chi connectivity index (χ0n) is 12.5. The van der Waals surface area contributed by atoms with Crippen molar-refractivity contribution in [2.75, 3.05) is 32.8 Å². The third-order valence-electron chi connectivity index (χ3n) is 4.93. The van der Waals surface area contributed by atoms with E-state index >= 15 is 0 Å². The highest BCUT2D eigenvalue weighted by molar-refractivity contribution is 5.15. The summed E-state index contributed by atoms with van der Waals surface area (Å²) in [4.78, 5) is 2.69. The summed E-state index contributed by atoms with van der Waals surface area (Å²) in [7, 11) is 0. The number of hydrogen-bond acceptors (Lipinski definition) is 2. The van der Waals surface area contributed by atoms with Crippen LogP contribution in [0.3, 0.4) is 0 Å². The molecule has 2 heterocycles. The zero-order chi connectivity index (χ0) is 13.6. The van der Waals surface area contributed by atoms with Crippen LogP contribution in [0.1, 0.15) is 31.2 Å². The molecule has 0 saturated carbocycles. The molecule has 0 N–H and O–H groups in total. The molecule has 3 rings (SSSR count). The van der Waals surface area contributed by atoms with Crippen molar-refractivity contribution in [3.63, 3.8) is 0 Å². The van der Waals surface area contributed by atoms with E-state index in [0.29, 0.717) is 0 Å². The van der Waals surface area contributed by atoms with Gasteiger partial charge in [0.2, 0.25) is 0 Å². The number of piperidine rings is 1. The van der Waals surface area contributed by atoms with Gasteiger partial charge < -0.3 is 9.64 Å². The van der Waals surface area contributed by atoms with E-state index in [9.17, 15) is 0 Å². The van der Waals surface area contributed by atoms with Crippen LogP contribution in [0.4, 0.5) is 0 Å². The van der Waals surface area contributed by atoms with Gasteiger partial charge >= 0.3 is 0 Å². The van der Waals surface area contributed by atoms with Crippen LogP contribution in [-0.4, -0.2) is 37.7 Å². The summed E-state index contributed by atoms with van der Waals surface area (Å²) in [6, 6.07) is 11.0. The van der Waals surface area contributed by atoms with E-state index in [-0.39, 0.29) is 0 Å². The maximum atomic E-state index is 5.45. The van der Waals surface area contributed by atoms with Gasteiger partial charge in [0.15, 0.2) is 0 Å². The van der Waals surface area contributed by atoms with Crippen LogP contribution in [-0.2, 0) is 11.2 Å². The Bertz CT molecular complexity index is 378. The number of likely N-dealkylation sites (tertiary alicyclic amines) is 1. The minimum absolute atomic E-state index is 0.884. The van der Waals surface area contributed by atoms with Gasteiger partial charge in [-0.1, -0.05) is 30.3 Å². The standard InChI is InChI=1S/C18H27NO/c1-2-4-16(5-3-1)14-17-6-10-19(11-7-17)15-18-8-12-20-13-9-18/h1-5,17-18H,6-15H2. The summed E-state index contributed by atoms with van der Waals surface area (Å²) in [5.74, 6) is 1.78. The zero-order valence-corrected chi connectivity index (χ0v) is 12.5. The Morgan fingerprint density at radius 3 is 2.30 bits per heavy atom. The van der Waals surface area contributed by atoms with Crippen molar-refractivity contribution in [2.24, 2.45) is 11.8 Å². The van der Waals surface area contributed by atoms with E-state index in [4.69, 9.17) is 4.74 Å². The Labute approximate surface area is 123 Å². The van der Waals surface area contributed by atoms with Gasteiger partial charge in [0.1, 0.15) is 0 Å². The second-order valence-electron chi connectivity index (χ2n) is 6.49. The van der Waals surface area contributed by atoms with Crippen molar-refractivity contribution < 1.29 is 4.74 Å². The predicted octanol–water partition coefficient (Wildman–Crippen LogP) is 3.37. The Hall–Kier alpha value is -0.860. The molecule has 2 fully saturated rings. The third-order valence-corrected chi connectivity index (χ3v) is 4.93. The molecule has 0 atom stereocenters. The average Bonchev–Trinajstić information content (AvgIpc) is 2.51. The fourth-order valence-electron chi connectivity index (χ4n) is 3.61. The predicted molar refractivity (Wildman–Crippen MR) is 82.9 cm³/mol. The Morgan fingerprint density at radius 1 is 0.900 bits per heavy atom. The fourth-order valence-corrected chi connectivity index (χ4v) is 3.61. The molecule has 2 saturated heterocycles. The first kappa shape index (κ1) is 14.1. The van der Waals surface area contributed by atoms with Crippen molar-refractivity contribution >= 4 is 0 Å². The molecule has 0 amide bonds. The van der Waals surface area contributed by atoms with Crippen molar-refractivity contribution in [3.05, 3.63) is 35.9 Å². The maximum absolute atomic E-state index is 5.45. The normalized spacial score (nSPS) is 23.0. The number of nitrogens with zero attached hydrogens (tertiary/aromatic N) is 1. The number of rotatable bonds is 4. The second kappa shape index (κ2) is 7.24. The van der Waals surface area contributed by atoms with Gasteiger partial charge in [-0.15, -0.1) is 0 Å². The lowest BCUT2D eigenvalue weighted by Gasteiger charge is -2.35. The van der Waals surface area contributed by atoms with E-state index in [1.54, 1.807) is 0 Å². The topological polar surface area (TPSA) is 12.5 Å². The van der Waals surface area contributed by atoms with Gasteiger partial charge in [0.25, 0.3) is 0 Å². The minimum atomic E-state index is 0.884. The second-order valence-corrected chi connectivity index (χ2v) is 6.49. The molecule has 0 radical (unpaired) electrons. The molecule has 0 aromatic heterocycles. The van der Waals surface area contributed by atoms with Crippen LogP contribution >= 0.6 is 0 Å². The molecule has 20 heavy (non-hydrogen) atoms. The van der Waals surface area contributed by atoms with Gasteiger partial charge in [-0.2, -0.15) is 0 Å². The van der Waals surface area contributed by atoms with Crippen LogP contribution in [0, 0.1) is 11.8 Å². The van der Waals surface area contributed by atoms with Crippen molar-refractivity contribution in [2.45, 2.75) is 32.1 Å². The summed E-state index contributed by atoms with van der Waals surface area (Å²) in [6.45, 7) is 5.87. The quantitative estimate of drug-likeness (QED) is 0.834. The van der Waals surface area contributed by atoms with Crippen molar-refractivity contribution in [1.29, 1.82) is 0 Å². The fraction of sp³-hybridized carbons (Fsp3) is 0.667. The lowest BCUT2D eigenvalue weighted by Crippen LogP contribution is -2.38. The van der Waals surface area contributed by atoms with E-state index in [0.717, 1.165) is 25.0 Å². The van der Waals surface area contributed by atoms with Gasteiger partial charge in [-0.3, -0.25) is 0 Å². The molecule has 2 nitrogen and oxygen atoms in total. The van der Waals surface area contributed by atoms with Crippen molar-refractivity contribution in [3.8, 4) is 0 Å². The van der Waals surface area contributed by atoms with Crippen LogP contribution in [0.2, 0.25) is 0 Å². The molecule has 2 aliphatic heterocycles. The van der Waals surface area contributed by atoms with Crippen LogP contribution < -0.4 is 0 Å². The van der Waals surface area contributed by atoms with Gasteiger partial charge in [0.05, 0.1) is 0 Å². The molecule has 0 unspecified atom stereocenters. The molecule has 0 aliphatic carbocycles. The summed E-state index contributed by atoms with van der Waals surface area (Å²) >= 11 is 0. The summed E-state index contributed by atoms with van der Waals surface area (Å²) < 4.78 is 5.45. The Morgan fingerprint density at radius 2 is 1.60 bits per heavy atom. The highest BCUT2D eigenvalue weighted by Crippen LogP contribution is 2.24. The van der Waals surface area contributed by atoms with E-state index in [1.807, 2.05) is 0 Å². The monoisotopic (exact) mass is 273 g/mol. The minimum Gasteiger partial charge on any atom is -0.381 e. The lowest BCUT2D eigenvalue weighted by molar-refractivity contribution is 0.0468. The van der Waals surface area contributed by atoms with Crippen LogP contribution in [0.15, 0.2) is 30.3 Å². The molecule has 2 aliphatic rings. The Kier molecular flexibility index (Phi) is 5.10. The average molecular weight is 273 g/mol. The summed E-state index contributed by atoms with van der Waals surface area (Å²) in [5, 5.41) is 0. The highest BCUT2D eigenvalue weighted by atomic mass is 16.5. The van der Waals surface area contributed by atoms with Gasteiger partial charge in [0, 0.05) is 19.8 Å². The van der Waals surface area contributed by atoms with Gasteiger partial charge in [-0.05, 0) is 62.6 Å². The first-order valence-corrected chi connectivity index (χ1v) is 8.24. The molecule has 0 bridgehead atoms.